The molecule has 0 unspecified atom stereocenters. The predicted octanol–water partition coefficient (Wildman–Crippen LogP) is 5.69. The summed E-state index contributed by atoms with van der Waals surface area (Å²) in [5.41, 5.74) is 4.77. The number of halogens is 3. The molecule has 8 heteroatoms. The zero-order valence-corrected chi connectivity index (χ0v) is 21.8. The summed E-state index contributed by atoms with van der Waals surface area (Å²) >= 11 is 6.15. The van der Waals surface area contributed by atoms with Crippen molar-refractivity contribution in [2.24, 2.45) is 0 Å². The molecule has 1 fully saturated rings. The van der Waals surface area contributed by atoms with Crippen molar-refractivity contribution in [3.63, 3.8) is 0 Å². The van der Waals surface area contributed by atoms with E-state index in [1.807, 2.05) is 30.3 Å². The van der Waals surface area contributed by atoms with E-state index >= 15 is 0 Å². The maximum Gasteiger partial charge on any atom is 0.329 e. The number of carboxylic acids is 1. The fraction of sp³-hybridized carbons (Fsp3) is 0.296. The number of nitrogens with zero attached hydrogens (tertiary/aromatic N) is 2. The van der Waals surface area contributed by atoms with Crippen molar-refractivity contribution < 1.29 is 14.6 Å². The van der Waals surface area contributed by atoms with Gasteiger partial charge in [0.1, 0.15) is 6.61 Å². The van der Waals surface area contributed by atoms with Gasteiger partial charge in [0.2, 0.25) is 0 Å². The summed E-state index contributed by atoms with van der Waals surface area (Å²) in [6, 6.07) is 27.1. The number of benzene rings is 3. The van der Waals surface area contributed by atoms with Gasteiger partial charge in [-0.2, -0.15) is 0 Å². The van der Waals surface area contributed by atoms with Crippen LogP contribution in [0.4, 0.5) is 0 Å². The van der Waals surface area contributed by atoms with Crippen LogP contribution in [0.25, 0.3) is 0 Å². The van der Waals surface area contributed by atoms with Crippen LogP contribution in [0.3, 0.4) is 0 Å². The van der Waals surface area contributed by atoms with Crippen molar-refractivity contribution in [3.05, 3.63) is 106 Å². The number of piperazine rings is 1. The van der Waals surface area contributed by atoms with E-state index in [9.17, 15) is 4.79 Å². The highest BCUT2D eigenvalue weighted by atomic mass is 35.5. The molecule has 1 N–H and O–H groups in total. The molecule has 1 saturated heterocycles. The first-order valence-corrected chi connectivity index (χ1v) is 11.6. The van der Waals surface area contributed by atoms with Crippen LogP contribution in [-0.4, -0.2) is 53.7 Å². The molecule has 3 aromatic carbocycles. The van der Waals surface area contributed by atoms with Crippen molar-refractivity contribution in [1.82, 2.24) is 9.80 Å². The van der Waals surface area contributed by atoms with E-state index in [1.54, 1.807) is 0 Å². The molecule has 4 rings (SSSR count). The monoisotopic (exact) mass is 536 g/mol. The SMILES string of the molecule is Cl.Cl.O=C(O)COCc1ccccc1CN1CCN([C@H](c2ccccc2)c2ccc(Cl)cc2)CC1. The lowest BCUT2D eigenvalue weighted by Crippen LogP contribution is -2.47. The van der Waals surface area contributed by atoms with Crippen molar-refractivity contribution >= 4 is 42.4 Å². The minimum atomic E-state index is -0.947. The minimum absolute atomic E-state index is 0. The molecule has 0 radical (unpaired) electrons. The van der Waals surface area contributed by atoms with E-state index in [0.29, 0.717) is 6.61 Å². The lowest BCUT2D eigenvalue weighted by molar-refractivity contribution is -0.142. The first-order chi connectivity index (χ1) is 16.1. The van der Waals surface area contributed by atoms with Crippen LogP contribution in [0, 0.1) is 0 Å². The van der Waals surface area contributed by atoms with Gasteiger partial charge in [0.05, 0.1) is 12.6 Å². The summed E-state index contributed by atoms with van der Waals surface area (Å²) in [4.78, 5) is 15.7. The van der Waals surface area contributed by atoms with Crippen molar-refractivity contribution in [2.75, 3.05) is 32.8 Å². The molecule has 1 atom stereocenters. The van der Waals surface area contributed by atoms with Crippen LogP contribution >= 0.6 is 36.4 Å². The summed E-state index contributed by atoms with van der Waals surface area (Å²) in [5, 5.41) is 9.58. The molecule has 0 aliphatic carbocycles. The van der Waals surface area contributed by atoms with Gasteiger partial charge in [-0.25, -0.2) is 4.79 Å². The van der Waals surface area contributed by atoms with Crippen LogP contribution in [0.2, 0.25) is 5.02 Å². The van der Waals surface area contributed by atoms with E-state index in [1.165, 1.54) is 16.7 Å². The smallest absolute Gasteiger partial charge is 0.329 e. The Kier molecular flexibility index (Phi) is 12.0. The molecule has 1 aliphatic rings. The van der Waals surface area contributed by atoms with Crippen molar-refractivity contribution in [3.8, 4) is 0 Å². The van der Waals surface area contributed by atoms with Gasteiger partial charge in [-0.15, -0.1) is 24.8 Å². The molecule has 188 valence electrons. The van der Waals surface area contributed by atoms with Gasteiger partial charge < -0.3 is 9.84 Å². The summed E-state index contributed by atoms with van der Waals surface area (Å²) in [7, 11) is 0. The fourth-order valence-corrected chi connectivity index (χ4v) is 4.54. The molecule has 1 aliphatic heterocycles. The lowest BCUT2D eigenvalue weighted by atomic mass is 9.96. The predicted molar refractivity (Wildman–Crippen MR) is 145 cm³/mol. The highest BCUT2D eigenvalue weighted by Crippen LogP contribution is 2.30. The average Bonchev–Trinajstić information content (AvgIpc) is 2.83. The van der Waals surface area contributed by atoms with E-state index in [4.69, 9.17) is 21.4 Å². The number of hydrogen-bond donors (Lipinski definition) is 1. The lowest BCUT2D eigenvalue weighted by Gasteiger charge is -2.40. The van der Waals surface area contributed by atoms with Gasteiger partial charge in [-0.05, 0) is 34.4 Å². The average molecular weight is 538 g/mol. The molecule has 0 amide bonds. The topological polar surface area (TPSA) is 53.0 Å². The Labute approximate surface area is 224 Å². The molecule has 0 spiro atoms. The van der Waals surface area contributed by atoms with Gasteiger partial charge in [0.15, 0.2) is 0 Å². The zero-order valence-electron chi connectivity index (χ0n) is 19.4. The van der Waals surface area contributed by atoms with E-state index in [2.05, 4.69) is 58.3 Å². The molecule has 35 heavy (non-hydrogen) atoms. The van der Waals surface area contributed by atoms with Gasteiger partial charge in [0, 0.05) is 37.7 Å². The first kappa shape index (κ1) is 29.1. The normalized spacial score (nSPS) is 15.0. The second-order valence-electron chi connectivity index (χ2n) is 8.33. The summed E-state index contributed by atoms with van der Waals surface area (Å²) < 4.78 is 5.33. The third-order valence-electron chi connectivity index (χ3n) is 6.07. The highest BCUT2D eigenvalue weighted by Gasteiger charge is 2.26. The second-order valence-corrected chi connectivity index (χ2v) is 8.77. The summed E-state index contributed by atoms with van der Waals surface area (Å²) in [6.07, 6.45) is 0. The Hall–Kier alpha value is -2.12. The number of rotatable bonds is 9. The molecule has 0 aromatic heterocycles. The van der Waals surface area contributed by atoms with Crippen LogP contribution < -0.4 is 0 Å². The molecular weight excluding hydrogens is 507 g/mol. The van der Waals surface area contributed by atoms with Gasteiger partial charge in [-0.1, -0.05) is 78.3 Å². The molecule has 3 aromatic rings. The number of hydrogen-bond acceptors (Lipinski definition) is 4. The Balaban J connectivity index is 0.00000216. The maximum atomic E-state index is 10.8. The van der Waals surface area contributed by atoms with Crippen molar-refractivity contribution in [1.29, 1.82) is 0 Å². The number of carboxylic acid groups (broad SMARTS) is 1. The Morgan fingerprint density at radius 2 is 1.40 bits per heavy atom. The molecular formula is C27H31Cl3N2O3. The molecule has 0 bridgehead atoms. The number of carbonyl (C=O) groups is 1. The van der Waals surface area contributed by atoms with Crippen molar-refractivity contribution in [2.45, 2.75) is 19.2 Å². The quantitative estimate of drug-likeness (QED) is 0.380. The summed E-state index contributed by atoms with van der Waals surface area (Å²) in [5.74, 6) is -0.947. The van der Waals surface area contributed by atoms with E-state index in [0.717, 1.165) is 43.3 Å². The largest absolute Gasteiger partial charge is 0.480 e. The van der Waals surface area contributed by atoms with Crippen LogP contribution in [0.15, 0.2) is 78.9 Å². The summed E-state index contributed by atoms with van der Waals surface area (Å²) in [6.45, 7) is 4.70. The maximum absolute atomic E-state index is 10.8. The third-order valence-corrected chi connectivity index (χ3v) is 6.32. The minimum Gasteiger partial charge on any atom is -0.480 e. The van der Waals surface area contributed by atoms with Gasteiger partial charge in [-0.3, -0.25) is 9.80 Å². The fourth-order valence-electron chi connectivity index (χ4n) is 4.42. The Morgan fingerprint density at radius 3 is 2.03 bits per heavy atom. The molecule has 5 nitrogen and oxygen atoms in total. The van der Waals surface area contributed by atoms with Crippen LogP contribution in [0.5, 0.6) is 0 Å². The Morgan fingerprint density at radius 1 is 0.829 bits per heavy atom. The Bertz CT molecular complexity index is 1040. The zero-order chi connectivity index (χ0) is 23.0. The standard InChI is InChI=1S/C27H29ClN2O3.2ClH/c28-25-12-10-22(11-13-25)27(21-6-2-1-3-7-21)30-16-14-29(15-17-30)18-23-8-4-5-9-24(23)19-33-20-26(31)32;;/h1-13,27H,14-20H2,(H,31,32);2*1H/t27-;;/m1../s1. The first-order valence-electron chi connectivity index (χ1n) is 11.2. The van der Waals surface area contributed by atoms with Gasteiger partial charge in [0.25, 0.3) is 0 Å². The van der Waals surface area contributed by atoms with Gasteiger partial charge >= 0.3 is 5.97 Å². The third kappa shape index (κ3) is 8.21. The van der Waals surface area contributed by atoms with E-state index in [-0.39, 0.29) is 37.5 Å². The molecule has 1 heterocycles. The highest BCUT2D eigenvalue weighted by molar-refractivity contribution is 6.30. The number of ether oxygens (including phenoxy) is 1. The van der Waals surface area contributed by atoms with Crippen LogP contribution in [-0.2, 0) is 22.7 Å². The van der Waals surface area contributed by atoms with E-state index < -0.39 is 5.97 Å². The second kappa shape index (κ2) is 14.4. The van der Waals surface area contributed by atoms with Crippen LogP contribution in [0.1, 0.15) is 28.3 Å². The number of aliphatic carboxylic acids is 1. The molecule has 0 saturated carbocycles.